The van der Waals surface area contributed by atoms with Crippen LogP contribution in [0.5, 0.6) is 0 Å². The third kappa shape index (κ3) is 2.34. The molecule has 0 amide bonds. The number of hydrogen-bond donors (Lipinski definition) is 1. The number of thioether (sulfide) groups is 1. The minimum atomic E-state index is -0.115. The van der Waals surface area contributed by atoms with E-state index in [4.69, 9.17) is 12.2 Å². The Morgan fingerprint density at radius 2 is 2.40 bits per heavy atom. The molecule has 0 aliphatic heterocycles. The first-order valence-electron chi connectivity index (χ1n) is 5.05. The van der Waals surface area contributed by atoms with Gasteiger partial charge in [0.2, 0.25) is 0 Å². The predicted octanol–water partition coefficient (Wildman–Crippen LogP) is 2.36. The van der Waals surface area contributed by atoms with Crippen molar-refractivity contribution in [3.63, 3.8) is 0 Å². The van der Waals surface area contributed by atoms with E-state index in [1.165, 1.54) is 6.42 Å². The molecule has 5 heteroatoms. The molecule has 0 radical (unpaired) electrons. The number of nitrogens with zero attached hydrogens (tertiary/aromatic N) is 1. The van der Waals surface area contributed by atoms with Crippen LogP contribution in [0.2, 0.25) is 0 Å². The molecule has 2 atom stereocenters. The molecular formula is C10H14N2OS2. The van der Waals surface area contributed by atoms with Crippen LogP contribution in [0.25, 0.3) is 0 Å². The zero-order valence-corrected chi connectivity index (χ0v) is 10.2. The lowest BCUT2D eigenvalue weighted by molar-refractivity contribution is 0.502. The molecule has 0 saturated heterocycles. The standard InChI is InChI=1S/C10H14N2OS2/c1-15-8-3-2-7(6-8)12-5-4-9(13)11-10(12)14/h4-5,7-8H,2-3,6H2,1H3,(H,11,13,14). The summed E-state index contributed by atoms with van der Waals surface area (Å²) in [4.78, 5) is 13.7. The van der Waals surface area contributed by atoms with Crippen molar-refractivity contribution in [3.05, 3.63) is 27.4 Å². The SMILES string of the molecule is CSC1CCC(n2ccc(=O)[nH]c2=S)C1. The topological polar surface area (TPSA) is 37.8 Å². The van der Waals surface area contributed by atoms with E-state index in [0.717, 1.165) is 18.1 Å². The smallest absolute Gasteiger partial charge is 0.251 e. The first-order chi connectivity index (χ1) is 7.20. The molecule has 15 heavy (non-hydrogen) atoms. The fourth-order valence-corrected chi connectivity index (χ4v) is 3.20. The van der Waals surface area contributed by atoms with E-state index >= 15 is 0 Å². The molecule has 2 unspecified atom stereocenters. The Morgan fingerprint density at radius 1 is 1.60 bits per heavy atom. The molecule has 1 aliphatic carbocycles. The molecule has 3 nitrogen and oxygen atoms in total. The minimum Gasteiger partial charge on any atom is -0.322 e. The average molecular weight is 242 g/mol. The summed E-state index contributed by atoms with van der Waals surface area (Å²) in [6.07, 6.45) is 7.52. The summed E-state index contributed by atoms with van der Waals surface area (Å²) in [5, 5.41) is 0.740. The third-order valence-electron chi connectivity index (χ3n) is 2.93. The number of H-pyrrole nitrogens is 1. The van der Waals surface area contributed by atoms with E-state index in [-0.39, 0.29) is 5.56 Å². The van der Waals surface area contributed by atoms with Crippen LogP contribution in [0.4, 0.5) is 0 Å². The minimum absolute atomic E-state index is 0.115. The lowest BCUT2D eigenvalue weighted by Crippen LogP contribution is -2.14. The highest BCUT2D eigenvalue weighted by atomic mass is 32.2. The Balaban J connectivity index is 2.24. The molecular weight excluding hydrogens is 228 g/mol. The maximum absolute atomic E-state index is 11.0. The van der Waals surface area contributed by atoms with Crippen molar-refractivity contribution >= 4 is 24.0 Å². The fourth-order valence-electron chi connectivity index (χ4n) is 2.10. The second-order valence-electron chi connectivity index (χ2n) is 3.84. The lowest BCUT2D eigenvalue weighted by atomic mass is 10.2. The van der Waals surface area contributed by atoms with E-state index < -0.39 is 0 Å². The number of nitrogens with one attached hydrogen (secondary N) is 1. The van der Waals surface area contributed by atoms with Gasteiger partial charge in [0.05, 0.1) is 0 Å². The van der Waals surface area contributed by atoms with Gasteiger partial charge in [-0.3, -0.25) is 9.78 Å². The van der Waals surface area contributed by atoms with E-state index in [1.807, 2.05) is 22.5 Å². The van der Waals surface area contributed by atoms with Gasteiger partial charge in [0, 0.05) is 23.6 Å². The van der Waals surface area contributed by atoms with Crippen LogP contribution in [0.1, 0.15) is 25.3 Å². The van der Waals surface area contributed by atoms with E-state index in [1.54, 1.807) is 6.07 Å². The number of hydrogen-bond acceptors (Lipinski definition) is 3. The summed E-state index contributed by atoms with van der Waals surface area (Å²) < 4.78 is 2.57. The largest absolute Gasteiger partial charge is 0.322 e. The summed E-state index contributed by atoms with van der Waals surface area (Å²) >= 11 is 7.07. The summed E-state index contributed by atoms with van der Waals surface area (Å²) in [6, 6.07) is 2.01. The molecule has 0 aromatic carbocycles. The van der Waals surface area contributed by atoms with Crippen LogP contribution >= 0.6 is 24.0 Å². The second-order valence-corrected chi connectivity index (χ2v) is 5.37. The van der Waals surface area contributed by atoms with Gasteiger partial charge >= 0.3 is 0 Å². The monoisotopic (exact) mass is 242 g/mol. The van der Waals surface area contributed by atoms with Crippen LogP contribution in [-0.4, -0.2) is 21.1 Å². The quantitative estimate of drug-likeness (QED) is 0.809. The summed E-state index contributed by atoms with van der Waals surface area (Å²) in [6.45, 7) is 0. The molecule has 0 spiro atoms. The van der Waals surface area contributed by atoms with Crippen LogP contribution in [-0.2, 0) is 0 Å². The molecule has 1 heterocycles. The van der Waals surface area contributed by atoms with E-state index in [9.17, 15) is 4.79 Å². The van der Waals surface area contributed by atoms with Gasteiger partial charge in [-0.15, -0.1) is 0 Å². The Labute approximate surface area is 97.9 Å². The lowest BCUT2D eigenvalue weighted by Gasteiger charge is -2.14. The molecule has 1 fully saturated rings. The van der Waals surface area contributed by atoms with Crippen LogP contribution < -0.4 is 5.56 Å². The Morgan fingerprint density at radius 3 is 3.00 bits per heavy atom. The van der Waals surface area contributed by atoms with Crippen molar-refractivity contribution in [3.8, 4) is 0 Å². The van der Waals surface area contributed by atoms with Gasteiger partial charge in [0.15, 0.2) is 4.77 Å². The zero-order valence-electron chi connectivity index (χ0n) is 8.60. The number of aromatic nitrogens is 2. The molecule has 0 bridgehead atoms. The maximum Gasteiger partial charge on any atom is 0.251 e. The number of rotatable bonds is 2. The first-order valence-corrected chi connectivity index (χ1v) is 6.74. The first kappa shape index (κ1) is 11.0. The van der Waals surface area contributed by atoms with Crippen LogP contribution in [0, 0.1) is 4.77 Å². The van der Waals surface area contributed by atoms with Crippen molar-refractivity contribution < 1.29 is 0 Å². The summed E-state index contributed by atoms with van der Waals surface area (Å²) in [5.41, 5.74) is -0.115. The summed E-state index contributed by atoms with van der Waals surface area (Å²) in [5.74, 6) is 0. The van der Waals surface area contributed by atoms with Crippen molar-refractivity contribution in [1.29, 1.82) is 0 Å². The highest BCUT2D eigenvalue weighted by Gasteiger charge is 2.25. The van der Waals surface area contributed by atoms with Crippen molar-refractivity contribution in [2.45, 2.75) is 30.6 Å². The fraction of sp³-hybridized carbons (Fsp3) is 0.600. The second kappa shape index (κ2) is 4.53. The van der Waals surface area contributed by atoms with Crippen LogP contribution in [0.3, 0.4) is 0 Å². The molecule has 2 rings (SSSR count). The Bertz CT molecular complexity index is 451. The van der Waals surface area contributed by atoms with Crippen molar-refractivity contribution in [2.24, 2.45) is 0 Å². The van der Waals surface area contributed by atoms with Gasteiger partial charge in [-0.1, -0.05) is 0 Å². The maximum atomic E-state index is 11.0. The third-order valence-corrected chi connectivity index (χ3v) is 4.34. The molecule has 82 valence electrons. The zero-order chi connectivity index (χ0) is 10.8. The molecule has 1 saturated carbocycles. The van der Waals surface area contributed by atoms with Crippen molar-refractivity contribution in [1.82, 2.24) is 9.55 Å². The highest BCUT2D eigenvalue weighted by molar-refractivity contribution is 7.99. The van der Waals surface area contributed by atoms with Gasteiger partial charge in [-0.05, 0) is 37.7 Å². The van der Waals surface area contributed by atoms with Crippen molar-refractivity contribution in [2.75, 3.05) is 6.26 Å². The van der Waals surface area contributed by atoms with Gasteiger partial charge in [0.25, 0.3) is 5.56 Å². The average Bonchev–Trinajstić information content (AvgIpc) is 2.66. The molecule has 1 aromatic heterocycles. The van der Waals surface area contributed by atoms with Gasteiger partial charge in [0.1, 0.15) is 0 Å². The molecule has 1 aromatic rings. The molecule has 1 N–H and O–H groups in total. The summed E-state index contributed by atoms with van der Waals surface area (Å²) in [7, 11) is 0. The van der Waals surface area contributed by atoms with Gasteiger partial charge in [-0.2, -0.15) is 11.8 Å². The molecule has 1 aliphatic rings. The normalized spacial score (nSPS) is 25.7. The number of aromatic amines is 1. The van der Waals surface area contributed by atoms with E-state index in [0.29, 0.717) is 10.8 Å². The van der Waals surface area contributed by atoms with Gasteiger partial charge in [-0.25, -0.2) is 0 Å². The van der Waals surface area contributed by atoms with Gasteiger partial charge < -0.3 is 4.57 Å². The predicted molar refractivity (Wildman–Crippen MR) is 66.1 cm³/mol. The highest BCUT2D eigenvalue weighted by Crippen LogP contribution is 2.35. The Hall–Kier alpha value is -0.550. The Kier molecular flexibility index (Phi) is 3.31. The van der Waals surface area contributed by atoms with E-state index in [2.05, 4.69) is 11.2 Å². The van der Waals surface area contributed by atoms with Crippen LogP contribution in [0.15, 0.2) is 17.1 Å².